The molecule has 1 atom stereocenters. The number of carbonyl (C=O) groups excluding carboxylic acids is 1. The number of nitrogens with zero attached hydrogens (tertiary/aromatic N) is 2. The maximum absolute atomic E-state index is 13.0. The minimum Gasteiger partial charge on any atom is -0.348 e. The molecule has 1 amide bonds. The van der Waals surface area contributed by atoms with E-state index in [-0.39, 0.29) is 17.9 Å². The van der Waals surface area contributed by atoms with Gasteiger partial charge >= 0.3 is 0 Å². The quantitative estimate of drug-likeness (QED) is 0.850. The second kappa shape index (κ2) is 5.84. The van der Waals surface area contributed by atoms with E-state index in [9.17, 15) is 4.79 Å². The molecule has 2 aliphatic carbocycles. The van der Waals surface area contributed by atoms with Gasteiger partial charge in [0, 0.05) is 24.2 Å². The highest BCUT2D eigenvalue weighted by atomic mass is 16.5. The van der Waals surface area contributed by atoms with Gasteiger partial charge in [-0.15, -0.1) is 0 Å². The van der Waals surface area contributed by atoms with Gasteiger partial charge in [0.05, 0.1) is 16.6 Å². The number of fused-ring (bicyclic) bond motifs is 1. The Morgan fingerprint density at radius 1 is 1.38 bits per heavy atom. The molecule has 2 aromatic rings. The van der Waals surface area contributed by atoms with E-state index in [4.69, 9.17) is 10.3 Å². The molecular formula is C18H24N4O2. The van der Waals surface area contributed by atoms with E-state index in [1.165, 1.54) is 0 Å². The maximum Gasteiger partial charge on any atom is 0.259 e. The molecule has 128 valence electrons. The lowest BCUT2D eigenvalue weighted by atomic mass is 10.0. The smallest absolute Gasteiger partial charge is 0.259 e. The van der Waals surface area contributed by atoms with Crippen molar-refractivity contribution in [3.05, 3.63) is 23.0 Å². The Balaban J connectivity index is 1.75. The highest BCUT2D eigenvalue weighted by Gasteiger charge is 2.33. The second-order valence-corrected chi connectivity index (χ2v) is 7.42. The molecule has 2 fully saturated rings. The van der Waals surface area contributed by atoms with Crippen LogP contribution in [0.4, 0.5) is 0 Å². The average molecular weight is 328 g/mol. The van der Waals surface area contributed by atoms with Gasteiger partial charge < -0.3 is 15.6 Å². The third-order valence-electron chi connectivity index (χ3n) is 5.04. The largest absolute Gasteiger partial charge is 0.348 e. The summed E-state index contributed by atoms with van der Waals surface area (Å²) >= 11 is 0. The van der Waals surface area contributed by atoms with Gasteiger partial charge in [0.2, 0.25) is 0 Å². The van der Waals surface area contributed by atoms with Gasteiger partial charge in [-0.1, -0.05) is 19.0 Å². The van der Waals surface area contributed by atoms with Crippen LogP contribution in [0.15, 0.2) is 10.6 Å². The van der Waals surface area contributed by atoms with Crippen LogP contribution in [-0.4, -0.2) is 28.6 Å². The van der Waals surface area contributed by atoms with Crippen molar-refractivity contribution < 1.29 is 9.32 Å². The third-order valence-corrected chi connectivity index (χ3v) is 5.04. The van der Waals surface area contributed by atoms with Crippen LogP contribution >= 0.6 is 0 Å². The van der Waals surface area contributed by atoms with Crippen LogP contribution in [0, 0.1) is 5.92 Å². The monoisotopic (exact) mass is 328 g/mol. The fourth-order valence-corrected chi connectivity index (χ4v) is 3.27. The predicted molar refractivity (Wildman–Crippen MR) is 90.9 cm³/mol. The van der Waals surface area contributed by atoms with Crippen molar-refractivity contribution in [2.75, 3.05) is 6.54 Å². The van der Waals surface area contributed by atoms with Gasteiger partial charge in [-0.25, -0.2) is 4.98 Å². The number of amides is 1. The first-order chi connectivity index (χ1) is 11.6. The molecule has 0 radical (unpaired) electrons. The number of rotatable bonds is 6. The fourth-order valence-electron chi connectivity index (χ4n) is 3.27. The van der Waals surface area contributed by atoms with E-state index >= 15 is 0 Å². The zero-order chi connectivity index (χ0) is 16.8. The average Bonchev–Trinajstić information content (AvgIpc) is 3.47. The summed E-state index contributed by atoms with van der Waals surface area (Å²) in [6.45, 7) is 4.56. The minimum absolute atomic E-state index is 0.0486. The molecule has 0 aromatic carbocycles. The molecule has 6 nitrogen and oxygen atoms in total. The number of nitrogens with one attached hydrogen (secondary N) is 1. The highest BCUT2D eigenvalue weighted by Crippen LogP contribution is 2.41. The summed E-state index contributed by atoms with van der Waals surface area (Å²) in [6.07, 6.45) is 4.54. The molecule has 0 saturated heterocycles. The Bertz CT molecular complexity index is 775. The zero-order valence-electron chi connectivity index (χ0n) is 14.2. The molecule has 24 heavy (non-hydrogen) atoms. The summed E-state index contributed by atoms with van der Waals surface area (Å²) in [4.78, 5) is 17.6. The van der Waals surface area contributed by atoms with Crippen molar-refractivity contribution in [3.63, 3.8) is 0 Å². The first-order valence-corrected chi connectivity index (χ1v) is 8.89. The van der Waals surface area contributed by atoms with E-state index in [2.05, 4.69) is 15.5 Å². The SMILES string of the molecule is CC(C)c1noc2nc(C3CC3)cc(C(=O)NC(CN)C3CC3)c12. The first kappa shape index (κ1) is 15.6. The number of aromatic nitrogens is 2. The van der Waals surface area contributed by atoms with Crippen LogP contribution in [0.2, 0.25) is 0 Å². The summed E-state index contributed by atoms with van der Waals surface area (Å²) in [6, 6.07) is 1.98. The molecule has 0 spiro atoms. The van der Waals surface area contributed by atoms with Gasteiger partial charge in [0.25, 0.3) is 11.6 Å². The number of nitrogens with two attached hydrogens (primary N) is 1. The zero-order valence-corrected chi connectivity index (χ0v) is 14.2. The van der Waals surface area contributed by atoms with Gasteiger partial charge in [-0.05, 0) is 43.6 Å². The van der Waals surface area contributed by atoms with E-state index in [1.807, 2.05) is 19.9 Å². The second-order valence-electron chi connectivity index (χ2n) is 7.42. The van der Waals surface area contributed by atoms with Gasteiger partial charge in [-0.3, -0.25) is 4.79 Å². The number of hydrogen-bond donors (Lipinski definition) is 2. The lowest BCUT2D eigenvalue weighted by Gasteiger charge is -2.17. The summed E-state index contributed by atoms with van der Waals surface area (Å²) < 4.78 is 5.45. The number of pyridine rings is 1. The number of carbonyl (C=O) groups is 1. The maximum atomic E-state index is 13.0. The van der Waals surface area contributed by atoms with Crippen molar-refractivity contribution in [2.24, 2.45) is 11.7 Å². The topological polar surface area (TPSA) is 94.0 Å². The van der Waals surface area contributed by atoms with Crippen LogP contribution in [0.1, 0.15) is 73.1 Å². The van der Waals surface area contributed by atoms with Crippen LogP contribution in [0.3, 0.4) is 0 Å². The molecule has 3 N–H and O–H groups in total. The molecule has 2 aliphatic rings. The molecule has 2 saturated carbocycles. The molecule has 2 aromatic heterocycles. The fraction of sp³-hybridized carbons (Fsp3) is 0.611. The van der Waals surface area contributed by atoms with Crippen LogP contribution in [-0.2, 0) is 0 Å². The van der Waals surface area contributed by atoms with Crippen molar-refractivity contribution >= 4 is 17.0 Å². The van der Waals surface area contributed by atoms with E-state index in [0.29, 0.717) is 29.7 Å². The normalized spacial score (nSPS) is 19.0. The van der Waals surface area contributed by atoms with Gasteiger partial charge in [0.1, 0.15) is 0 Å². The Hall–Kier alpha value is -1.95. The Kier molecular flexibility index (Phi) is 3.79. The molecular weight excluding hydrogens is 304 g/mol. The Morgan fingerprint density at radius 2 is 2.12 bits per heavy atom. The first-order valence-electron chi connectivity index (χ1n) is 8.89. The molecule has 0 bridgehead atoms. The molecule has 6 heteroatoms. The summed E-state index contributed by atoms with van der Waals surface area (Å²) in [5, 5.41) is 8.03. The summed E-state index contributed by atoms with van der Waals surface area (Å²) in [5.41, 5.74) is 8.68. The predicted octanol–water partition coefficient (Wildman–Crippen LogP) is 2.69. The molecule has 4 rings (SSSR count). The lowest BCUT2D eigenvalue weighted by Crippen LogP contribution is -2.41. The van der Waals surface area contributed by atoms with Crippen molar-refractivity contribution in [3.8, 4) is 0 Å². The molecule has 0 aliphatic heterocycles. The van der Waals surface area contributed by atoms with Crippen molar-refractivity contribution in [1.29, 1.82) is 0 Å². The highest BCUT2D eigenvalue weighted by molar-refractivity contribution is 6.06. The van der Waals surface area contributed by atoms with Crippen molar-refractivity contribution in [1.82, 2.24) is 15.5 Å². The molecule has 2 heterocycles. The lowest BCUT2D eigenvalue weighted by molar-refractivity contribution is 0.0935. The van der Waals surface area contributed by atoms with Gasteiger partial charge in [-0.2, -0.15) is 0 Å². The van der Waals surface area contributed by atoms with Gasteiger partial charge in [0.15, 0.2) is 0 Å². The Morgan fingerprint density at radius 3 is 2.71 bits per heavy atom. The summed E-state index contributed by atoms with van der Waals surface area (Å²) in [7, 11) is 0. The van der Waals surface area contributed by atoms with E-state index < -0.39 is 0 Å². The molecule has 1 unspecified atom stereocenters. The van der Waals surface area contributed by atoms with Crippen LogP contribution in [0.5, 0.6) is 0 Å². The van der Waals surface area contributed by atoms with Crippen LogP contribution < -0.4 is 11.1 Å². The Labute approximate surface area is 141 Å². The van der Waals surface area contributed by atoms with E-state index in [0.717, 1.165) is 42.5 Å². The van der Waals surface area contributed by atoms with Crippen molar-refractivity contribution in [2.45, 2.75) is 57.4 Å². The third kappa shape index (κ3) is 2.79. The standard InChI is InChI=1S/C18H24N4O2/c1-9(2)16-15-12(17(23)20-14(8-19)11-5-6-11)7-13(10-3-4-10)21-18(15)24-22-16/h7,9-11,14H,3-6,8,19H2,1-2H3,(H,20,23). The van der Waals surface area contributed by atoms with Crippen LogP contribution in [0.25, 0.3) is 11.1 Å². The van der Waals surface area contributed by atoms with E-state index in [1.54, 1.807) is 0 Å². The number of hydrogen-bond acceptors (Lipinski definition) is 5. The minimum atomic E-state index is -0.0863. The summed E-state index contributed by atoms with van der Waals surface area (Å²) in [5.74, 6) is 1.05.